The lowest BCUT2D eigenvalue weighted by molar-refractivity contribution is -0.121. The fourth-order valence-corrected chi connectivity index (χ4v) is 3.78. The van der Waals surface area contributed by atoms with E-state index in [1.54, 1.807) is 12.1 Å². The van der Waals surface area contributed by atoms with Crippen LogP contribution in [0.1, 0.15) is 30.5 Å². The first-order valence-corrected chi connectivity index (χ1v) is 9.26. The predicted molar refractivity (Wildman–Crippen MR) is 96.0 cm³/mol. The largest absolute Gasteiger partial charge is 0.381 e. The van der Waals surface area contributed by atoms with Gasteiger partial charge in [-0.1, -0.05) is 12.1 Å². The van der Waals surface area contributed by atoms with Crippen LogP contribution >= 0.6 is 11.3 Å². The second kappa shape index (κ2) is 7.93. The molecule has 0 unspecified atom stereocenters. The Bertz CT molecular complexity index is 729. The average Bonchev–Trinajstić information content (AvgIpc) is 3.04. The molecule has 1 aliphatic rings. The Morgan fingerprint density at radius 1 is 1.40 bits per heavy atom. The van der Waals surface area contributed by atoms with E-state index in [0.717, 1.165) is 24.1 Å². The number of carbonyl (C=O) groups is 1. The van der Waals surface area contributed by atoms with E-state index in [0.29, 0.717) is 37.7 Å². The number of hydrogen-bond acceptors (Lipinski definition) is 5. The average molecular weight is 363 g/mol. The number of benzene rings is 1. The predicted octanol–water partition coefficient (Wildman–Crippen LogP) is 2.66. The molecule has 2 aromatic rings. The summed E-state index contributed by atoms with van der Waals surface area (Å²) in [4.78, 5) is 16.4. The lowest BCUT2D eigenvalue weighted by Crippen LogP contribution is -2.44. The van der Waals surface area contributed by atoms with Gasteiger partial charge >= 0.3 is 0 Å². The third kappa shape index (κ3) is 4.55. The van der Waals surface area contributed by atoms with Crippen LogP contribution in [0.5, 0.6) is 0 Å². The maximum Gasteiger partial charge on any atom is 0.220 e. The molecule has 1 aromatic heterocycles. The molecule has 5 nitrogen and oxygen atoms in total. The molecule has 2 heterocycles. The van der Waals surface area contributed by atoms with E-state index in [1.807, 2.05) is 11.4 Å². The Morgan fingerprint density at radius 2 is 2.20 bits per heavy atom. The molecular formula is C18H22FN3O2S. The SMILES string of the molecule is Nc1nc(CCC(=O)NCC2(c3cccc(F)c3)CCOCC2)cs1. The minimum absolute atomic E-state index is 0.0335. The molecule has 3 rings (SSSR count). The van der Waals surface area contributed by atoms with Crippen molar-refractivity contribution in [1.82, 2.24) is 10.3 Å². The minimum Gasteiger partial charge on any atom is -0.381 e. The van der Waals surface area contributed by atoms with E-state index < -0.39 is 0 Å². The standard InChI is InChI=1S/C18H22FN3O2S/c19-14-3-1-2-13(10-14)18(6-8-24-9-7-18)12-21-16(23)5-4-15-11-25-17(20)22-15/h1-3,10-11H,4-9,12H2,(H2,20,22)(H,21,23). The molecule has 1 aromatic carbocycles. The summed E-state index contributed by atoms with van der Waals surface area (Å²) in [6.45, 7) is 1.72. The van der Waals surface area contributed by atoms with Gasteiger partial charge < -0.3 is 15.8 Å². The number of ether oxygens (including phenoxy) is 1. The first-order chi connectivity index (χ1) is 12.1. The first kappa shape index (κ1) is 17.8. The molecule has 1 amide bonds. The van der Waals surface area contributed by atoms with E-state index in [2.05, 4.69) is 10.3 Å². The maximum absolute atomic E-state index is 13.7. The molecule has 3 N–H and O–H groups in total. The minimum atomic E-state index is -0.277. The molecule has 0 bridgehead atoms. The number of nitrogens with zero attached hydrogens (tertiary/aromatic N) is 1. The molecule has 0 aliphatic carbocycles. The number of aryl methyl sites for hydroxylation is 1. The van der Waals surface area contributed by atoms with Crippen molar-refractivity contribution >= 4 is 22.4 Å². The number of aromatic nitrogens is 1. The normalized spacial score (nSPS) is 16.5. The Hall–Kier alpha value is -1.99. The van der Waals surface area contributed by atoms with Gasteiger partial charge in [0, 0.05) is 37.0 Å². The summed E-state index contributed by atoms with van der Waals surface area (Å²) in [5.74, 6) is -0.287. The molecular weight excluding hydrogens is 341 g/mol. The second-order valence-electron chi connectivity index (χ2n) is 6.36. The van der Waals surface area contributed by atoms with E-state index in [9.17, 15) is 9.18 Å². The highest BCUT2D eigenvalue weighted by Gasteiger charge is 2.35. The fourth-order valence-electron chi connectivity index (χ4n) is 3.18. The van der Waals surface area contributed by atoms with E-state index in [1.165, 1.54) is 17.4 Å². The quantitative estimate of drug-likeness (QED) is 0.827. The lowest BCUT2D eigenvalue weighted by Gasteiger charge is -2.38. The zero-order chi connectivity index (χ0) is 17.7. The molecule has 1 saturated heterocycles. The van der Waals surface area contributed by atoms with Gasteiger partial charge in [-0.25, -0.2) is 9.37 Å². The van der Waals surface area contributed by atoms with Crippen LogP contribution in [0.15, 0.2) is 29.6 Å². The highest BCUT2D eigenvalue weighted by molar-refractivity contribution is 7.13. The molecule has 134 valence electrons. The van der Waals surface area contributed by atoms with Crippen molar-refractivity contribution in [2.45, 2.75) is 31.1 Å². The van der Waals surface area contributed by atoms with Crippen molar-refractivity contribution in [3.8, 4) is 0 Å². The molecule has 1 aliphatic heterocycles. The molecule has 0 atom stereocenters. The van der Waals surface area contributed by atoms with Crippen LogP contribution in [-0.2, 0) is 21.4 Å². The highest BCUT2D eigenvalue weighted by Crippen LogP contribution is 2.34. The lowest BCUT2D eigenvalue weighted by atomic mass is 9.74. The van der Waals surface area contributed by atoms with Gasteiger partial charge in [0.1, 0.15) is 5.82 Å². The summed E-state index contributed by atoms with van der Waals surface area (Å²) >= 11 is 1.38. The number of carbonyl (C=O) groups excluding carboxylic acids is 1. The highest BCUT2D eigenvalue weighted by atomic mass is 32.1. The number of nitrogen functional groups attached to an aromatic ring is 1. The van der Waals surface area contributed by atoms with Crippen molar-refractivity contribution in [2.75, 3.05) is 25.5 Å². The van der Waals surface area contributed by atoms with Crippen LogP contribution < -0.4 is 11.1 Å². The van der Waals surface area contributed by atoms with Gasteiger partial charge in [0.15, 0.2) is 5.13 Å². The molecule has 0 spiro atoms. The van der Waals surface area contributed by atoms with Crippen LogP contribution in [0, 0.1) is 5.82 Å². The van der Waals surface area contributed by atoms with E-state index >= 15 is 0 Å². The molecule has 0 saturated carbocycles. The Balaban J connectivity index is 1.61. The van der Waals surface area contributed by atoms with Crippen molar-refractivity contribution < 1.29 is 13.9 Å². The number of thiazole rings is 1. The van der Waals surface area contributed by atoms with Gasteiger partial charge in [0.05, 0.1) is 5.69 Å². The van der Waals surface area contributed by atoms with Crippen LogP contribution in [0.4, 0.5) is 9.52 Å². The van der Waals surface area contributed by atoms with E-state index in [-0.39, 0.29) is 17.1 Å². The van der Waals surface area contributed by atoms with Crippen molar-refractivity contribution in [3.05, 3.63) is 46.7 Å². The van der Waals surface area contributed by atoms with Crippen LogP contribution in [0.3, 0.4) is 0 Å². The zero-order valence-electron chi connectivity index (χ0n) is 14.0. The number of anilines is 1. The summed E-state index contributed by atoms with van der Waals surface area (Å²) in [6.07, 6.45) is 2.45. The number of amides is 1. The van der Waals surface area contributed by atoms with Gasteiger partial charge in [-0.2, -0.15) is 0 Å². The third-order valence-corrected chi connectivity index (χ3v) is 5.41. The van der Waals surface area contributed by atoms with Gasteiger partial charge in [-0.05, 0) is 37.0 Å². The number of nitrogens with one attached hydrogen (secondary N) is 1. The summed E-state index contributed by atoms with van der Waals surface area (Å²) in [6, 6.07) is 6.65. The molecule has 25 heavy (non-hydrogen) atoms. The topological polar surface area (TPSA) is 77.2 Å². The van der Waals surface area contributed by atoms with Gasteiger partial charge in [-0.15, -0.1) is 11.3 Å². The van der Waals surface area contributed by atoms with E-state index in [4.69, 9.17) is 10.5 Å². The maximum atomic E-state index is 13.7. The monoisotopic (exact) mass is 363 g/mol. The fraction of sp³-hybridized carbons (Fsp3) is 0.444. The molecule has 7 heteroatoms. The number of nitrogens with two attached hydrogens (primary N) is 1. The van der Waals surface area contributed by atoms with Crippen LogP contribution in [-0.4, -0.2) is 30.6 Å². The number of hydrogen-bond donors (Lipinski definition) is 2. The summed E-state index contributed by atoms with van der Waals surface area (Å²) < 4.78 is 19.1. The number of halogens is 1. The van der Waals surface area contributed by atoms with Crippen molar-refractivity contribution in [1.29, 1.82) is 0 Å². The summed E-state index contributed by atoms with van der Waals surface area (Å²) in [7, 11) is 0. The number of rotatable bonds is 6. The smallest absolute Gasteiger partial charge is 0.220 e. The second-order valence-corrected chi connectivity index (χ2v) is 7.25. The van der Waals surface area contributed by atoms with Gasteiger partial charge in [-0.3, -0.25) is 4.79 Å². The Labute approximate surface area is 150 Å². The van der Waals surface area contributed by atoms with Crippen molar-refractivity contribution in [2.24, 2.45) is 0 Å². The summed E-state index contributed by atoms with van der Waals surface area (Å²) in [5.41, 5.74) is 7.08. The Morgan fingerprint density at radius 3 is 2.88 bits per heavy atom. The van der Waals surface area contributed by atoms with Crippen LogP contribution in [0.25, 0.3) is 0 Å². The first-order valence-electron chi connectivity index (χ1n) is 8.38. The van der Waals surface area contributed by atoms with Gasteiger partial charge in [0.2, 0.25) is 5.91 Å². The van der Waals surface area contributed by atoms with Crippen molar-refractivity contribution in [3.63, 3.8) is 0 Å². The third-order valence-electron chi connectivity index (χ3n) is 4.69. The molecule has 1 fully saturated rings. The summed E-state index contributed by atoms with van der Waals surface area (Å²) in [5, 5.41) is 5.40. The molecule has 0 radical (unpaired) electrons. The Kier molecular flexibility index (Phi) is 5.65. The van der Waals surface area contributed by atoms with Gasteiger partial charge in [0.25, 0.3) is 0 Å². The van der Waals surface area contributed by atoms with Crippen LogP contribution in [0.2, 0.25) is 0 Å². The zero-order valence-corrected chi connectivity index (χ0v) is 14.8.